The zero-order chi connectivity index (χ0) is 16.2. The number of hydrogen-bond donors (Lipinski definition) is 2. The molecule has 0 amide bonds. The molecule has 23 heavy (non-hydrogen) atoms. The van der Waals surface area contributed by atoms with E-state index in [-0.39, 0.29) is 12.1 Å². The Balaban J connectivity index is 1.89. The van der Waals surface area contributed by atoms with E-state index in [0.29, 0.717) is 17.5 Å². The molecule has 5 nitrogen and oxygen atoms in total. The van der Waals surface area contributed by atoms with E-state index in [0.717, 1.165) is 12.0 Å². The molecular weight excluding hydrogens is 290 g/mol. The van der Waals surface area contributed by atoms with Gasteiger partial charge in [-0.05, 0) is 29.7 Å². The lowest BCUT2D eigenvalue weighted by Gasteiger charge is -2.29. The molecule has 0 radical (unpaired) electrons. The SMILES string of the molecule is COc1ccc(C2CC(c3ccccc3)NC(N)=N2)cc1OC. The molecule has 0 fully saturated rings. The molecule has 2 unspecified atom stereocenters. The van der Waals surface area contributed by atoms with Crippen molar-refractivity contribution in [2.75, 3.05) is 14.2 Å². The smallest absolute Gasteiger partial charge is 0.189 e. The lowest BCUT2D eigenvalue weighted by atomic mass is 9.93. The number of nitrogens with two attached hydrogens (primary N) is 1. The number of methoxy groups -OCH3 is 2. The third-order valence-electron chi connectivity index (χ3n) is 4.07. The maximum Gasteiger partial charge on any atom is 0.189 e. The van der Waals surface area contributed by atoms with Crippen LogP contribution < -0.4 is 20.5 Å². The quantitative estimate of drug-likeness (QED) is 0.911. The summed E-state index contributed by atoms with van der Waals surface area (Å²) >= 11 is 0. The zero-order valence-electron chi connectivity index (χ0n) is 13.3. The van der Waals surface area contributed by atoms with Crippen LogP contribution >= 0.6 is 0 Å². The van der Waals surface area contributed by atoms with Crippen molar-refractivity contribution in [3.8, 4) is 11.5 Å². The summed E-state index contributed by atoms with van der Waals surface area (Å²) in [6.45, 7) is 0. The molecule has 3 N–H and O–H groups in total. The molecule has 1 heterocycles. The van der Waals surface area contributed by atoms with Gasteiger partial charge in [-0.1, -0.05) is 36.4 Å². The highest BCUT2D eigenvalue weighted by Crippen LogP contribution is 2.36. The van der Waals surface area contributed by atoms with Crippen molar-refractivity contribution < 1.29 is 9.47 Å². The van der Waals surface area contributed by atoms with Crippen molar-refractivity contribution in [2.45, 2.75) is 18.5 Å². The first-order valence-electron chi connectivity index (χ1n) is 7.58. The number of guanidine groups is 1. The van der Waals surface area contributed by atoms with E-state index in [1.807, 2.05) is 36.4 Å². The van der Waals surface area contributed by atoms with Gasteiger partial charge in [-0.25, -0.2) is 4.99 Å². The Bertz CT molecular complexity index is 701. The van der Waals surface area contributed by atoms with Gasteiger partial charge in [-0.15, -0.1) is 0 Å². The molecule has 0 aliphatic carbocycles. The zero-order valence-corrected chi connectivity index (χ0v) is 13.3. The topological polar surface area (TPSA) is 68.9 Å². The van der Waals surface area contributed by atoms with E-state index in [2.05, 4.69) is 22.4 Å². The minimum atomic E-state index is -0.0127. The Labute approximate surface area is 136 Å². The van der Waals surface area contributed by atoms with Gasteiger partial charge < -0.3 is 20.5 Å². The van der Waals surface area contributed by atoms with Crippen molar-refractivity contribution in [1.82, 2.24) is 5.32 Å². The van der Waals surface area contributed by atoms with Crippen LogP contribution in [0.25, 0.3) is 0 Å². The fourth-order valence-electron chi connectivity index (χ4n) is 2.89. The third-order valence-corrected chi connectivity index (χ3v) is 4.07. The highest BCUT2D eigenvalue weighted by Gasteiger charge is 2.25. The second-order valence-electron chi connectivity index (χ2n) is 5.49. The van der Waals surface area contributed by atoms with Crippen molar-refractivity contribution >= 4 is 5.96 Å². The molecule has 0 spiro atoms. The molecule has 5 heteroatoms. The predicted octanol–water partition coefficient (Wildman–Crippen LogP) is 2.79. The first-order valence-corrected chi connectivity index (χ1v) is 7.58. The molecule has 0 saturated carbocycles. The van der Waals surface area contributed by atoms with E-state index < -0.39 is 0 Å². The van der Waals surface area contributed by atoms with E-state index in [1.54, 1.807) is 14.2 Å². The first-order chi connectivity index (χ1) is 11.2. The normalized spacial score (nSPS) is 20.3. The largest absolute Gasteiger partial charge is 0.493 e. The van der Waals surface area contributed by atoms with E-state index in [4.69, 9.17) is 15.2 Å². The van der Waals surface area contributed by atoms with Gasteiger partial charge in [0.05, 0.1) is 26.3 Å². The molecule has 1 aliphatic heterocycles. The Morgan fingerprint density at radius 1 is 1.00 bits per heavy atom. The van der Waals surface area contributed by atoms with Crippen LogP contribution in [0.2, 0.25) is 0 Å². The molecule has 0 aromatic heterocycles. The molecule has 0 saturated heterocycles. The average molecular weight is 311 g/mol. The average Bonchev–Trinajstić information content (AvgIpc) is 2.61. The van der Waals surface area contributed by atoms with Gasteiger partial charge in [-0.2, -0.15) is 0 Å². The van der Waals surface area contributed by atoms with Crippen LogP contribution in [0, 0.1) is 0 Å². The van der Waals surface area contributed by atoms with Crippen LogP contribution in [0.3, 0.4) is 0 Å². The Morgan fingerprint density at radius 3 is 2.43 bits per heavy atom. The molecule has 0 bridgehead atoms. The summed E-state index contributed by atoms with van der Waals surface area (Å²) in [4.78, 5) is 4.55. The summed E-state index contributed by atoms with van der Waals surface area (Å²) in [5, 5.41) is 3.26. The highest BCUT2D eigenvalue weighted by atomic mass is 16.5. The molecule has 3 rings (SSSR count). The highest BCUT2D eigenvalue weighted by molar-refractivity contribution is 5.79. The first kappa shape index (κ1) is 15.2. The number of ether oxygens (including phenoxy) is 2. The number of rotatable bonds is 4. The minimum Gasteiger partial charge on any atom is -0.493 e. The monoisotopic (exact) mass is 311 g/mol. The number of aliphatic imine (C=N–C) groups is 1. The van der Waals surface area contributed by atoms with Crippen LogP contribution in [-0.4, -0.2) is 20.2 Å². The van der Waals surface area contributed by atoms with Crippen LogP contribution in [-0.2, 0) is 0 Å². The Kier molecular flexibility index (Phi) is 4.37. The summed E-state index contributed by atoms with van der Waals surface area (Å²) < 4.78 is 10.7. The molecule has 1 aliphatic rings. The standard InChI is InChI=1S/C18H21N3O2/c1-22-16-9-8-13(10-17(16)23-2)15-11-14(20-18(19)21-15)12-6-4-3-5-7-12/h3-10,14-15H,11H2,1-2H3,(H3,19,20,21). The van der Waals surface area contributed by atoms with Gasteiger partial charge in [0.25, 0.3) is 0 Å². The number of hydrogen-bond acceptors (Lipinski definition) is 5. The van der Waals surface area contributed by atoms with Crippen molar-refractivity contribution in [3.05, 3.63) is 59.7 Å². The van der Waals surface area contributed by atoms with Gasteiger partial charge in [0.15, 0.2) is 17.5 Å². The maximum atomic E-state index is 6.00. The van der Waals surface area contributed by atoms with E-state index in [9.17, 15) is 0 Å². The van der Waals surface area contributed by atoms with Gasteiger partial charge in [0.1, 0.15) is 0 Å². The van der Waals surface area contributed by atoms with Gasteiger partial charge in [-0.3, -0.25) is 0 Å². The maximum absolute atomic E-state index is 6.00. The summed E-state index contributed by atoms with van der Waals surface area (Å²) in [7, 11) is 3.26. The second-order valence-corrected chi connectivity index (χ2v) is 5.49. The number of benzene rings is 2. The van der Waals surface area contributed by atoms with Crippen LogP contribution in [0.4, 0.5) is 0 Å². The van der Waals surface area contributed by atoms with Gasteiger partial charge in [0.2, 0.25) is 0 Å². The van der Waals surface area contributed by atoms with Gasteiger partial charge in [0, 0.05) is 0 Å². The molecule has 120 valence electrons. The third kappa shape index (κ3) is 3.23. The number of nitrogens with zero attached hydrogens (tertiary/aromatic N) is 1. The molecule has 2 atom stereocenters. The second kappa shape index (κ2) is 6.60. The van der Waals surface area contributed by atoms with Crippen LogP contribution in [0.15, 0.2) is 53.5 Å². The summed E-state index contributed by atoms with van der Waals surface area (Å²) in [5.41, 5.74) is 8.27. The fraction of sp³-hybridized carbons (Fsp3) is 0.278. The lowest BCUT2D eigenvalue weighted by molar-refractivity contribution is 0.353. The Morgan fingerprint density at radius 2 is 1.74 bits per heavy atom. The van der Waals surface area contributed by atoms with E-state index in [1.165, 1.54) is 5.56 Å². The van der Waals surface area contributed by atoms with E-state index >= 15 is 0 Å². The minimum absolute atomic E-state index is 0.0127. The summed E-state index contributed by atoms with van der Waals surface area (Å²) in [5.74, 6) is 1.88. The lowest BCUT2D eigenvalue weighted by Crippen LogP contribution is -2.39. The van der Waals surface area contributed by atoms with Crippen molar-refractivity contribution in [3.63, 3.8) is 0 Å². The summed E-state index contributed by atoms with van der Waals surface area (Å²) in [6.07, 6.45) is 0.834. The predicted molar refractivity (Wildman–Crippen MR) is 90.8 cm³/mol. The molecular formula is C18H21N3O2. The van der Waals surface area contributed by atoms with Gasteiger partial charge >= 0.3 is 0 Å². The Hall–Kier alpha value is -2.69. The number of nitrogens with one attached hydrogen (secondary N) is 1. The van der Waals surface area contributed by atoms with Crippen molar-refractivity contribution in [2.24, 2.45) is 10.7 Å². The summed E-state index contributed by atoms with van der Waals surface area (Å²) in [6, 6.07) is 16.3. The van der Waals surface area contributed by atoms with Crippen LogP contribution in [0.1, 0.15) is 29.6 Å². The van der Waals surface area contributed by atoms with Crippen LogP contribution in [0.5, 0.6) is 11.5 Å². The fourth-order valence-corrected chi connectivity index (χ4v) is 2.89. The van der Waals surface area contributed by atoms with Crippen molar-refractivity contribution in [1.29, 1.82) is 0 Å². The molecule has 2 aromatic rings. The molecule has 2 aromatic carbocycles.